The van der Waals surface area contributed by atoms with Crippen LogP contribution in [0.4, 0.5) is 5.69 Å². The zero-order chi connectivity index (χ0) is 26.5. The van der Waals surface area contributed by atoms with E-state index in [4.69, 9.17) is 4.74 Å². The second-order valence-electron chi connectivity index (χ2n) is 8.82. The summed E-state index contributed by atoms with van der Waals surface area (Å²) in [5.41, 5.74) is 2.17. The molecule has 0 aliphatic heterocycles. The zero-order valence-corrected chi connectivity index (χ0v) is 22.3. The molecule has 1 heterocycles. The van der Waals surface area contributed by atoms with Gasteiger partial charge >= 0.3 is 5.97 Å². The number of Topliss-reactive ketones (excluding diaryl/α,β-unsaturated/α-hetero) is 1. The number of methoxy groups -OCH3 is 1. The summed E-state index contributed by atoms with van der Waals surface area (Å²) in [7, 11) is -2.72. The molecular weight excluding hydrogens is 470 g/mol. The van der Waals surface area contributed by atoms with Crippen LogP contribution in [0.3, 0.4) is 0 Å². The first-order valence-corrected chi connectivity index (χ1v) is 13.0. The SMILES string of the molecule is CCn1c(C)c(C(=O)CN(CCC(C)C)S(=O)(=O)c2ccc(NC(C)=O)cc2)c(C)c1C(=O)OC. The number of benzene rings is 1. The molecule has 1 amide bonds. The van der Waals surface area contributed by atoms with Gasteiger partial charge in [0.1, 0.15) is 5.69 Å². The number of rotatable bonds is 11. The lowest BCUT2D eigenvalue weighted by molar-refractivity contribution is -0.114. The Morgan fingerprint density at radius 3 is 2.20 bits per heavy atom. The maximum absolute atomic E-state index is 13.5. The van der Waals surface area contributed by atoms with E-state index in [0.29, 0.717) is 41.2 Å². The maximum Gasteiger partial charge on any atom is 0.354 e. The molecule has 0 saturated heterocycles. The predicted molar refractivity (Wildman–Crippen MR) is 134 cm³/mol. The molecule has 0 aliphatic rings. The molecule has 0 spiro atoms. The second-order valence-corrected chi connectivity index (χ2v) is 10.8. The van der Waals surface area contributed by atoms with Crippen LogP contribution in [0, 0.1) is 19.8 Å². The highest BCUT2D eigenvalue weighted by Gasteiger charge is 2.31. The van der Waals surface area contributed by atoms with E-state index in [1.165, 1.54) is 42.6 Å². The Morgan fingerprint density at radius 2 is 1.71 bits per heavy atom. The molecule has 35 heavy (non-hydrogen) atoms. The van der Waals surface area contributed by atoms with Gasteiger partial charge in [0.15, 0.2) is 5.78 Å². The number of anilines is 1. The molecule has 0 saturated carbocycles. The highest BCUT2D eigenvalue weighted by molar-refractivity contribution is 7.89. The summed E-state index contributed by atoms with van der Waals surface area (Å²) in [6.07, 6.45) is 0.567. The molecule has 2 rings (SSSR count). The monoisotopic (exact) mass is 505 g/mol. The first-order chi connectivity index (χ1) is 16.3. The van der Waals surface area contributed by atoms with Crippen LogP contribution in [-0.2, 0) is 26.1 Å². The molecule has 1 aromatic heterocycles. The van der Waals surface area contributed by atoms with Gasteiger partial charge in [-0.3, -0.25) is 9.59 Å². The van der Waals surface area contributed by atoms with Gasteiger partial charge in [-0.1, -0.05) is 13.8 Å². The first kappa shape index (κ1) is 28.3. The number of amides is 1. The molecule has 2 aromatic rings. The van der Waals surface area contributed by atoms with E-state index in [9.17, 15) is 22.8 Å². The molecule has 0 atom stereocenters. The van der Waals surface area contributed by atoms with Crippen molar-refractivity contribution in [3.8, 4) is 0 Å². The normalized spacial score (nSPS) is 11.7. The van der Waals surface area contributed by atoms with E-state index < -0.39 is 16.0 Å². The molecule has 1 N–H and O–H groups in total. The van der Waals surface area contributed by atoms with E-state index in [-0.39, 0.29) is 35.6 Å². The van der Waals surface area contributed by atoms with Gasteiger partial charge in [0.05, 0.1) is 18.6 Å². The predicted octanol–water partition coefficient (Wildman–Crippen LogP) is 3.79. The van der Waals surface area contributed by atoms with Crippen molar-refractivity contribution in [1.82, 2.24) is 8.87 Å². The van der Waals surface area contributed by atoms with Gasteiger partial charge in [-0.25, -0.2) is 13.2 Å². The van der Waals surface area contributed by atoms with E-state index >= 15 is 0 Å². The fourth-order valence-corrected chi connectivity index (χ4v) is 5.46. The minimum Gasteiger partial charge on any atom is -0.464 e. The van der Waals surface area contributed by atoms with Crippen molar-refractivity contribution in [3.05, 3.63) is 46.8 Å². The number of nitrogens with one attached hydrogen (secondary N) is 1. The van der Waals surface area contributed by atoms with Crippen molar-refractivity contribution in [3.63, 3.8) is 0 Å². The fraction of sp³-hybridized carbons (Fsp3) is 0.480. The molecule has 0 radical (unpaired) electrons. The average Bonchev–Trinajstić information content (AvgIpc) is 3.04. The minimum absolute atomic E-state index is 0.0259. The number of sulfonamides is 1. The minimum atomic E-state index is -4.00. The number of ketones is 1. The lowest BCUT2D eigenvalue weighted by atomic mass is 10.1. The molecule has 0 bridgehead atoms. The average molecular weight is 506 g/mol. The standard InChI is InChI=1S/C25H35N3O6S/c1-8-28-18(5)23(17(4)24(28)25(31)34-7)22(30)15-27(14-13-16(2)3)35(32,33)21-11-9-20(10-12-21)26-19(6)29/h9-12,16H,8,13-15H2,1-7H3,(H,26,29). The Morgan fingerprint density at radius 1 is 1.11 bits per heavy atom. The van der Waals surface area contributed by atoms with Gasteiger partial charge in [0.2, 0.25) is 15.9 Å². The molecule has 0 unspecified atom stereocenters. The Bertz CT molecular complexity index is 1200. The van der Waals surface area contributed by atoms with Crippen LogP contribution in [-0.4, -0.2) is 55.1 Å². The molecule has 192 valence electrons. The number of carbonyl (C=O) groups excluding carboxylic acids is 3. The Hall–Kier alpha value is -2.98. The quantitative estimate of drug-likeness (QED) is 0.367. The third kappa shape index (κ3) is 6.37. The van der Waals surface area contributed by atoms with Crippen LogP contribution >= 0.6 is 0 Å². The maximum atomic E-state index is 13.5. The van der Waals surface area contributed by atoms with Gasteiger partial charge in [0, 0.05) is 37.0 Å². The Balaban J connectivity index is 2.46. The highest BCUT2D eigenvalue weighted by Crippen LogP contribution is 2.26. The van der Waals surface area contributed by atoms with Crippen LogP contribution < -0.4 is 5.32 Å². The van der Waals surface area contributed by atoms with E-state index in [0.717, 1.165) is 0 Å². The van der Waals surface area contributed by atoms with E-state index in [1.807, 2.05) is 20.8 Å². The van der Waals surface area contributed by atoms with Crippen molar-refractivity contribution in [2.24, 2.45) is 5.92 Å². The third-order valence-electron chi connectivity index (χ3n) is 5.83. The summed E-state index contributed by atoms with van der Waals surface area (Å²) in [4.78, 5) is 37.1. The summed E-state index contributed by atoms with van der Waals surface area (Å²) in [5, 5.41) is 2.60. The Kier molecular flexibility index (Phi) is 9.39. The lowest BCUT2D eigenvalue weighted by Crippen LogP contribution is -2.37. The molecule has 10 heteroatoms. The van der Waals surface area contributed by atoms with Crippen molar-refractivity contribution in [2.75, 3.05) is 25.5 Å². The highest BCUT2D eigenvalue weighted by atomic mass is 32.2. The van der Waals surface area contributed by atoms with Crippen LogP contribution in [0.15, 0.2) is 29.2 Å². The van der Waals surface area contributed by atoms with Gasteiger partial charge in [0.25, 0.3) is 0 Å². The second kappa shape index (κ2) is 11.6. The lowest BCUT2D eigenvalue weighted by Gasteiger charge is -2.23. The van der Waals surface area contributed by atoms with Crippen molar-refractivity contribution in [2.45, 2.75) is 59.4 Å². The smallest absolute Gasteiger partial charge is 0.354 e. The van der Waals surface area contributed by atoms with Crippen molar-refractivity contribution >= 4 is 33.4 Å². The third-order valence-corrected chi connectivity index (χ3v) is 7.69. The summed E-state index contributed by atoms with van der Waals surface area (Å²) in [6, 6.07) is 5.84. The number of hydrogen-bond acceptors (Lipinski definition) is 6. The van der Waals surface area contributed by atoms with Crippen molar-refractivity contribution < 1.29 is 27.5 Å². The van der Waals surface area contributed by atoms with Crippen LogP contribution in [0.2, 0.25) is 0 Å². The molecule has 1 aromatic carbocycles. The summed E-state index contributed by atoms with van der Waals surface area (Å²) in [6.45, 7) is 10.9. The van der Waals surface area contributed by atoms with Gasteiger partial charge in [-0.05, 0) is 62.9 Å². The Labute approximate surface area is 207 Å². The summed E-state index contributed by atoms with van der Waals surface area (Å²) in [5.74, 6) is -0.976. The zero-order valence-electron chi connectivity index (χ0n) is 21.5. The van der Waals surface area contributed by atoms with Gasteiger partial charge in [-0.15, -0.1) is 0 Å². The first-order valence-electron chi connectivity index (χ1n) is 11.5. The van der Waals surface area contributed by atoms with Crippen LogP contribution in [0.25, 0.3) is 0 Å². The van der Waals surface area contributed by atoms with Gasteiger partial charge < -0.3 is 14.6 Å². The molecule has 0 fully saturated rings. The number of aromatic nitrogens is 1. The number of carbonyl (C=O) groups is 3. The van der Waals surface area contributed by atoms with E-state index in [2.05, 4.69) is 5.32 Å². The fourth-order valence-electron chi connectivity index (χ4n) is 4.05. The summed E-state index contributed by atoms with van der Waals surface area (Å²) < 4.78 is 34.8. The summed E-state index contributed by atoms with van der Waals surface area (Å²) >= 11 is 0. The number of ether oxygens (including phenoxy) is 1. The largest absolute Gasteiger partial charge is 0.464 e. The molecular formula is C25H35N3O6S. The van der Waals surface area contributed by atoms with Crippen molar-refractivity contribution in [1.29, 1.82) is 0 Å². The number of nitrogens with zero attached hydrogens (tertiary/aromatic N) is 2. The van der Waals surface area contributed by atoms with Crippen LogP contribution in [0.1, 0.15) is 66.2 Å². The topological polar surface area (TPSA) is 115 Å². The van der Waals surface area contributed by atoms with E-state index in [1.54, 1.807) is 18.4 Å². The molecule has 0 aliphatic carbocycles. The number of hydrogen-bond donors (Lipinski definition) is 1. The van der Waals surface area contributed by atoms with Crippen LogP contribution in [0.5, 0.6) is 0 Å². The number of esters is 1. The molecule has 9 nitrogen and oxygen atoms in total. The van der Waals surface area contributed by atoms with Gasteiger partial charge in [-0.2, -0.15) is 4.31 Å².